The molecule has 1 aliphatic rings. The van der Waals surface area contributed by atoms with Crippen molar-refractivity contribution in [1.82, 2.24) is 5.32 Å². The summed E-state index contributed by atoms with van der Waals surface area (Å²) >= 11 is 5.68. The minimum Gasteiger partial charge on any atom is -0.347 e. The Kier molecular flexibility index (Phi) is 5.04. The first-order valence-electron chi connectivity index (χ1n) is 8.13. The molecule has 1 atom stereocenters. The van der Waals surface area contributed by atoms with Crippen molar-refractivity contribution < 1.29 is 14.0 Å². The smallest absolute Gasteiger partial charge is 0.251 e. The van der Waals surface area contributed by atoms with E-state index in [2.05, 4.69) is 5.32 Å². The summed E-state index contributed by atoms with van der Waals surface area (Å²) in [5.41, 5.74) is 2.15. The van der Waals surface area contributed by atoms with Gasteiger partial charge >= 0.3 is 0 Å². The van der Waals surface area contributed by atoms with Gasteiger partial charge in [-0.1, -0.05) is 30.7 Å². The molecule has 0 aliphatic carbocycles. The lowest BCUT2D eigenvalue weighted by molar-refractivity contribution is -0.117. The quantitative estimate of drug-likeness (QED) is 0.906. The van der Waals surface area contributed by atoms with Crippen LogP contribution in [0.5, 0.6) is 0 Å². The van der Waals surface area contributed by atoms with Gasteiger partial charge in [0, 0.05) is 24.2 Å². The molecule has 2 amide bonds. The number of carbonyl (C=O) groups excluding carboxylic acids is 2. The Labute approximate surface area is 150 Å². The largest absolute Gasteiger partial charge is 0.347 e. The zero-order valence-corrected chi connectivity index (χ0v) is 14.5. The highest BCUT2D eigenvalue weighted by Gasteiger charge is 2.32. The van der Waals surface area contributed by atoms with E-state index in [1.54, 1.807) is 18.2 Å². The normalized spacial score (nSPS) is 17.0. The number of hydrogen-bond donors (Lipinski definition) is 1. The van der Waals surface area contributed by atoms with Crippen LogP contribution in [-0.2, 0) is 11.2 Å². The summed E-state index contributed by atoms with van der Waals surface area (Å²) in [6, 6.07) is 11.3. The summed E-state index contributed by atoms with van der Waals surface area (Å²) < 4.78 is 13.6. The molecule has 1 fully saturated rings. The second-order valence-electron chi connectivity index (χ2n) is 6.03. The number of anilines is 1. The number of nitrogens with zero attached hydrogens (tertiary/aromatic N) is 1. The van der Waals surface area contributed by atoms with Gasteiger partial charge in [0.25, 0.3) is 5.91 Å². The van der Waals surface area contributed by atoms with Crippen LogP contribution in [0.1, 0.15) is 29.3 Å². The first-order chi connectivity index (χ1) is 12.0. The topological polar surface area (TPSA) is 49.4 Å². The van der Waals surface area contributed by atoms with Crippen LogP contribution in [0, 0.1) is 5.82 Å². The standard InChI is InChI=1S/C19H18ClFN2O2/c1-2-12-3-5-13(6-4-12)19(25)22-14-9-18(24)23(11-14)15-7-8-16(20)17(21)10-15/h3-8,10,14H,2,9,11H2,1H3,(H,22,25). The monoisotopic (exact) mass is 360 g/mol. The molecule has 1 heterocycles. The average molecular weight is 361 g/mol. The van der Waals surface area contributed by atoms with Gasteiger partial charge in [0.1, 0.15) is 5.82 Å². The lowest BCUT2D eigenvalue weighted by Crippen LogP contribution is -2.37. The summed E-state index contributed by atoms with van der Waals surface area (Å²) in [7, 11) is 0. The van der Waals surface area contributed by atoms with Gasteiger partial charge in [0.15, 0.2) is 0 Å². The van der Waals surface area contributed by atoms with Crippen molar-refractivity contribution in [1.29, 1.82) is 0 Å². The van der Waals surface area contributed by atoms with Crippen LogP contribution in [0.2, 0.25) is 5.02 Å². The van der Waals surface area contributed by atoms with E-state index in [9.17, 15) is 14.0 Å². The number of amides is 2. The number of halogens is 2. The highest BCUT2D eigenvalue weighted by Crippen LogP contribution is 2.26. The SMILES string of the molecule is CCc1ccc(C(=O)NC2CC(=O)N(c3ccc(Cl)c(F)c3)C2)cc1. The fourth-order valence-corrected chi connectivity index (χ4v) is 2.98. The maximum atomic E-state index is 13.6. The van der Waals surface area contributed by atoms with Crippen molar-refractivity contribution in [2.24, 2.45) is 0 Å². The third-order valence-electron chi connectivity index (χ3n) is 4.30. The minimum absolute atomic E-state index is 0.00998. The number of aryl methyl sites for hydroxylation is 1. The van der Waals surface area contributed by atoms with E-state index in [1.807, 2.05) is 19.1 Å². The number of rotatable bonds is 4. The van der Waals surface area contributed by atoms with Crippen molar-refractivity contribution >= 4 is 29.1 Å². The van der Waals surface area contributed by atoms with Crippen LogP contribution in [0.15, 0.2) is 42.5 Å². The third-order valence-corrected chi connectivity index (χ3v) is 4.61. The van der Waals surface area contributed by atoms with Gasteiger partial charge in [-0.25, -0.2) is 4.39 Å². The van der Waals surface area contributed by atoms with Crippen LogP contribution >= 0.6 is 11.6 Å². The molecule has 0 bridgehead atoms. The van der Waals surface area contributed by atoms with E-state index in [0.29, 0.717) is 17.8 Å². The Morgan fingerprint density at radius 1 is 1.28 bits per heavy atom. The van der Waals surface area contributed by atoms with Crippen LogP contribution in [0.3, 0.4) is 0 Å². The number of nitrogens with one attached hydrogen (secondary N) is 1. The van der Waals surface area contributed by atoms with Gasteiger partial charge in [-0.05, 0) is 42.3 Å². The Morgan fingerprint density at radius 2 is 2.00 bits per heavy atom. The van der Waals surface area contributed by atoms with Crippen LogP contribution in [0.25, 0.3) is 0 Å². The van der Waals surface area contributed by atoms with E-state index < -0.39 is 5.82 Å². The van der Waals surface area contributed by atoms with Crippen molar-refractivity contribution in [3.8, 4) is 0 Å². The second-order valence-corrected chi connectivity index (χ2v) is 6.43. The zero-order valence-electron chi connectivity index (χ0n) is 13.8. The lowest BCUT2D eigenvalue weighted by Gasteiger charge is -2.17. The van der Waals surface area contributed by atoms with Crippen molar-refractivity contribution in [2.45, 2.75) is 25.8 Å². The molecule has 1 unspecified atom stereocenters. The molecular weight excluding hydrogens is 343 g/mol. The molecule has 130 valence electrons. The predicted molar refractivity (Wildman–Crippen MR) is 95.5 cm³/mol. The van der Waals surface area contributed by atoms with Crippen LogP contribution in [0.4, 0.5) is 10.1 Å². The molecular formula is C19H18ClFN2O2. The number of hydrogen-bond acceptors (Lipinski definition) is 2. The lowest BCUT2D eigenvalue weighted by atomic mass is 10.1. The van der Waals surface area contributed by atoms with E-state index in [-0.39, 0.29) is 29.3 Å². The van der Waals surface area contributed by atoms with Crippen molar-refractivity contribution in [3.63, 3.8) is 0 Å². The maximum Gasteiger partial charge on any atom is 0.251 e. The van der Waals surface area contributed by atoms with Gasteiger partial charge in [-0.15, -0.1) is 0 Å². The van der Waals surface area contributed by atoms with Gasteiger partial charge < -0.3 is 10.2 Å². The maximum absolute atomic E-state index is 13.6. The van der Waals surface area contributed by atoms with E-state index in [4.69, 9.17) is 11.6 Å². The summed E-state index contributed by atoms with van der Waals surface area (Å²) in [6.45, 7) is 2.35. The summed E-state index contributed by atoms with van der Waals surface area (Å²) in [4.78, 5) is 26.0. The Morgan fingerprint density at radius 3 is 2.64 bits per heavy atom. The van der Waals surface area contributed by atoms with E-state index >= 15 is 0 Å². The molecule has 6 heteroatoms. The predicted octanol–water partition coefficient (Wildman–Crippen LogP) is 3.58. The van der Waals surface area contributed by atoms with E-state index in [1.165, 1.54) is 17.0 Å². The van der Waals surface area contributed by atoms with Crippen LogP contribution in [-0.4, -0.2) is 24.4 Å². The molecule has 2 aromatic rings. The van der Waals surface area contributed by atoms with Gasteiger partial charge in [0.05, 0.1) is 11.1 Å². The summed E-state index contributed by atoms with van der Waals surface area (Å²) in [5.74, 6) is -0.951. The first-order valence-corrected chi connectivity index (χ1v) is 8.51. The molecule has 3 rings (SSSR count). The van der Waals surface area contributed by atoms with Gasteiger partial charge in [0.2, 0.25) is 5.91 Å². The second kappa shape index (κ2) is 7.23. The summed E-state index contributed by atoms with van der Waals surface area (Å²) in [6.07, 6.45) is 1.09. The molecule has 0 saturated carbocycles. The van der Waals surface area contributed by atoms with Gasteiger partial charge in [-0.2, -0.15) is 0 Å². The fraction of sp³-hybridized carbons (Fsp3) is 0.263. The Hall–Kier alpha value is -2.40. The van der Waals surface area contributed by atoms with Crippen molar-refractivity contribution in [2.75, 3.05) is 11.4 Å². The highest BCUT2D eigenvalue weighted by atomic mass is 35.5. The Balaban J connectivity index is 1.67. The molecule has 0 radical (unpaired) electrons. The molecule has 25 heavy (non-hydrogen) atoms. The molecule has 4 nitrogen and oxygen atoms in total. The summed E-state index contributed by atoms with van der Waals surface area (Å²) in [5, 5.41) is 2.88. The molecule has 0 spiro atoms. The van der Waals surface area contributed by atoms with E-state index in [0.717, 1.165) is 12.0 Å². The molecule has 0 aromatic heterocycles. The number of carbonyl (C=O) groups is 2. The zero-order chi connectivity index (χ0) is 18.0. The average Bonchev–Trinajstić information content (AvgIpc) is 2.97. The van der Waals surface area contributed by atoms with Crippen molar-refractivity contribution in [3.05, 3.63) is 64.4 Å². The Bertz CT molecular complexity index is 808. The first kappa shape index (κ1) is 17.4. The minimum atomic E-state index is -0.574. The molecule has 1 N–H and O–H groups in total. The van der Waals surface area contributed by atoms with Gasteiger partial charge in [-0.3, -0.25) is 9.59 Å². The molecule has 1 saturated heterocycles. The third kappa shape index (κ3) is 3.82. The molecule has 2 aromatic carbocycles. The highest BCUT2D eigenvalue weighted by molar-refractivity contribution is 6.30. The molecule has 1 aliphatic heterocycles. The van der Waals surface area contributed by atoms with Crippen LogP contribution < -0.4 is 10.2 Å². The fourth-order valence-electron chi connectivity index (χ4n) is 2.87. The number of benzene rings is 2.